The Balaban J connectivity index is 1.71. The number of nitrogens with one attached hydrogen (secondary N) is 1. The highest BCUT2D eigenvalue weighted by atomic mass is 19.1. The Hall–Kier alpha value is -2.41. The molecule has 1 unspecified atom stereocenters. The van der Waals surface area contributed by atoms with Crippen LogP contribution < -0.4 is 10.2 Å². The summed E-state index contributed by atoms with van der Waals surface area (Å²) in [5.74, 6) is -0.0785. The van der Waals surface area contributed by atoms with E-state index >= 15 is 0 Å². The van der Waals surface area contributed by atoms with Gasteiger partial charge in [0, 0.05) is 36.7 Å². The number of nitrogens with zero attached hydrogens (tertiary/aromatic N) is 3. The minimum atomic E-state index is -1.29. The van der Waals surface area contributed by atoms with E-state index in [0.717, 1.165) is 12.4 Å². The van der Waals surface area contributed by atoms with Crippen molar-refractivity contribution in [1.82, 2.24) is 9.55 Å². The highest BCUT2D eigenvalue weighted by Gasteiger charge is 2.31. The van der Waals surface area contributed by atoms with Gasteiger partial charge in [0.1, 0.15) is 11.6 Å². The molecule has 0 fully saturated rings. The number of imidazole rings is 1. The molecule has 6 nitrogen and oxygen atoms in total. The predicted octanol–water partition coefficient (Wildman–Crippen LogP) is 1.03. The van der Waals surface area contributed by atoms with Gasteiger partial charge in [0.15, 0.2) is 6.10 Å². The van der Waals surface area contributed by atoms with Crippen molar-refractivity contribution in [2.24, 2.45) is 0 Å². The van der Waals surface area contributed by atoms with Gasteiger partial charge >= 0.3 is 0 Å². The molecule has 2 aromatic rings. The number of aliphatic hydroxyl groups excluding tert-OH is 1. The van der Waals surface area contributed by atoms with E-state index in [9.17, 15) is 14.3 Å². The summed E-state index contributed by atoms with van der Waals surface area (Å²) in [6.07, 6.45) is 2.35. The smallest absolute Gasteiger partial charge is 0.257 e. The largest absolute Gasteiger partial charge is 0.378 e. The molecular formula is C14H13FN4O2. The van der Waals surface area contributed by atoms with Gasteiger partial charge in [-0.05, 0) is 12.1 Å². The molecule has 0 bridgehead atoms. The van der Waals surface area contributed by atoms with Crippen LogP contribution in [0.3, 0.4) is 0 Å². The molecule has 108 valence electrons. The highest BCUT2D eigenvalue weighted by Crippen LogP contribution is 2.36. The Morgan fingerprint density at radius 3 is 3.10 bits per heavy atom. The van der Waals surface area contributed by atoms with Crippen LogP contribution in [0.2, 0.25) is 0 Å². The average molecular weight is 288 g/mol. The van der Waals surface area contributed by atoms with Crippen molar-refractivity contribution in [3.8, 4) is 0 Å². The molecule has 4 rings (SSSR count). The van der Waals surface area contributed by atoms with Crippen LogP contribution in [0.25, 0.3) is 0 Å². The number of aliphatic hydroxyl groups is 1. The van der Waals surface area contributed by atoms with E-state index in [4.69, 9.17) is 0 Å². The van der Waals surface area contributed by atoms with Crippen LogP contribution in [-0.4, -0.2) is 27.1 Å². The maximum absolute atomic E-state index is 14.3. The molecule has 2 N–H and O–H groups in total. The third kappa shape index (κ3) is 1.81. The van der Waals surface area contributed by atoms with Gasteiger partial charge in [-0.1, -0.05) is 0 Å². The van der Waals surface area contributed by atoms with Crippen LogP contribution >= 0.6 is 0 Å². The Morgan fingerprint density at radius 1 is 1.38 bits per heavy atom. The van der Waals surface area contributed by atoms with E-state index in [1.54, 1.807) is 12.3 Å². The van der Waals surface area contributed by atoms with E-state index in [1.807, 2.05) is 15.7 Å². The van der Waals surface area contributed by atoms with Crippen molar-refractivity contribution >= 4 is 17.3 Å². The van der Waals surface area contributed by atoms with Gasteiger partial charge in [0.2, 0.25) is 0 Å². The first-order valence-electron chi connectivity index (χ1n) is 6.71. The summed E-state index contributed by atoms with van der Waals surface area (Å²) in [5, 5.41) is 12.2. The fourth-order valence-corrected chi connectivity index (χ4v) is 2.88. The van der Waals surface area contributed by atoms with Crippen molar-refractivity contribution in [3.05, 3.63) is 41.7 Å². The molecule has 7 heteroatoms. The second-order valence-electron chi connectivity index (χ2n) is 5.24. The fraction of sp³-hybridized carbons (Fsp3) is 0.286. The van der Waals surface area contributed by atoms with E-state index < -0.39 is 17.8 Å². The molecule has 1 amide bonds. The van der Waals surface area contributed by atoms with Crippen LogP contribution in [0.15, 0.2) is 24.5 Å². The number of benzene rings is 1. The molecule has 21 heavy (non-hydrogen) atoms. The fourth-order valence-electron chi connectivity index (χ4n) is 2.88. The molecular weight excluding hydrogens is 275 g/mol. The third-order valence-electron chi connectivity index (χ3n) is 4.01. The lowest BCUT2D eigenvalue weighted by molar-refractivity contribution is -0.123. The standard InChI is InChI=1S/C14H13FN4O2/c15-9-5-8-10(17-14(21)13(8)20)6-11(9)19-4-3-18-2-1-16-12(18)7-19/h1-2,5-6,13,20H,3-4,7H2,(H,17,21). The number of carbonyl (C=O) groups is 1. The molecule has 2 aliphatic rings. The Morgan fingerprint density at radius 2 is 2.24 bits per heavy atom. The summed E-state index contributed by atoms with van der Waals surface area (Å²) >= 11 is 0. The lowest BCUT2D eigenvalue weighted by Crippen LogP contribution is -2.34. The summed E-state index contributed by atoms with van der Waals surface area (Å²) in [5.41, 5.74) is 1.18. The zero-order chi connectivity index (χ0) is 14.6. The number of aromatic nitrogens is 2. The Bertz CT molecular complexity index is 743. The predicted molar refractivity (Wildman–Crippen MR) is 73.3 cm³/mol. The van der Waals surface area contributed by atoms with Crippen molar-refractivity contribution in [2.45, 2.75) is 19.2 Å². The monoisotopic (exact) mass is 288 g/mol. The van der Waals surface area contributed by atoms with Gasteiger partial charge in [0.05, 0.1) is 12.2 Å². The first kappa shape index (κ1) is 12.3. The number of carbonyl (C=O) groups excluding carboxylic acids is 1. The third-order valence-corrected chi connectivity index (χ3v) is 4.01. The second-order valence-corrected chi connectivity index (χ2v) is 5.24. The van der Waals surface area contributed by atoms with Gasteiger partial charge in [0.25, 0.3) is 5.91 Å². The molecule has 0 aliphatic carbocycles. The van der Waals surface area contributed by atoms with Crippen LogP contribution in [0.4, 0.5) is 15.8 Å². The van der Waals surface area contributed by atoms with Crippen LogP contribution in [0.5, 0.6) is 0 Å². The number of anilines is 2. The van der Waals surface area contributed by atoms with Gasteiger partial charge in [-0.2, -0.15) is 0 Å². The summed E-state index contributed by atoms with van der Waals surface area (Å²) in [7, 11) is 0. The topological polar surface area (TPSA) is 70.4 Å². The minimum absolute atomic E-state index is 0.291. The number of rotatable bonds is 1. The number of hydrogen-bond donors (Lipinski definition) is 2. The minimum Gasteiger partial charge on any atom is -0.378 e. The van der Waals surface area contributed by atoms with Gasteiger partial charge in [-0.15, -0.1) is 0 Å². The molecule has 2 aliphatic heterocycles. The lowest BCUT2D eigenvalue weighted by Gasteiger charge is -2.30. The van der Waals surface area contributed by atoms with E-state index in [1.165, 1.54) is 6.07 Å². The highest BCUT2D eigenvalue weighted by molar-refractivity contribution is 6.02. The number of amides is 1. The summed E-state index contributed by atoms with van der Waals surface area (Å²) in [6.45, 7) is 1.91. The van der Waals surface area contributed by atoms with E-state index in [-0.39, 0.29) is 0 Å². The molecule has 0 saturated heterocycles. The lowest BCUT2D eigenvalue weighted by atomic mass is 10.1. The molecule has 1 atom stereocenters. The molecule has 1 aromatic carbocycles. The zero-order valence-electron chi connectivity index (χ0n) is 11.1. The quantitative estimate of drug-likeness (QED) is 0.822. The average Bonchev–Trinajstić information content (AvgIpc) is 3.04. The van der Waals surface area contributed by atoms with Gasteiger partial charge < -0.3 is 19.9 Å². The van der Waals surface area contributed by atoms with Crippen molar-refractivity contribution in [2.75, 3.05) is 16.8 Å². The van der Waals surface area contributed by atoms with Crippen molar-refractivity contribution in [3.63, 3.8) is 0 Å². The van der Waals surface area contributed by atoms with Crippen LogP contribution in [-0.2, 0) is 17.9 Å². The molecule has 3 heterocycles. The SMILES string of the molecule is O=C1Nc2cc(N3CCn4ccnc4C3)c(F)cc2C1O. The Labute approximate surface area is 119 Å². The number of fused-ring (bicyclic) bond motifs is 2. The summed E-state index contributed by atoms with van der Waals surface area (Å²) < 4.78 is 16.3. The summed E-state index contributed by atoms with van der Waals surface area (Å²) in [4.78, 5) is 17.6. The van der Waals surface area contributed by atoms with Crippen molar-refractivity contribution < 1.29 is 14.3 Å². The molecule has 0 spiro atoms. The Kier molecular flexibility index (Phi) is 2.52. The maximum atomic E-state index is 14.3. The zero-order valence-corrected chi connectivity index (χ0v) is 11.1. The maximum Gasteiger partial charge on any atom is 0.257 e. The second kappa shape index (κ2) is 4.29. The van der Waals surface area contributed by atoms with Gasteiger partial charge in [-0.25, -0.2) is 9.37 Å². The first-order valence-corrected chi connectivity index (χ1v) is 6.71. The van der Waals surface area contributed by atoms with E-state index in [0.29, 0.717) is 30.0 Å². The summed E-state index contributed by atoms with van der Waals surface area (Å²) in [6, 6.07) is 2.81. The van der Waals surface area contributed by atoms with Crippen LogP contribution in [0, 0.1) is 5.82 Å². The van der Waals surface area contributed by atoms with E-state index in [2.05, 4.69) is 10.3 Å². The molecule has 1 aromatic heterocycles. The number of hydrogen-bond acceptors (Lipinski definition) is 4. The van der Waals surface area contributed by atoms with Crippen molar-refractivity contribution in [1.29, 1.82) is 0 Å². The number of halogens is 1. The molecule has 0 radical (unpaired) electrons. The molecule has 0 saturated carbocycles. The van der Waals surface area contributed by atoms with Crippen LogP contribution in [0.1, 0.15) is 17.5 Å². The first-order chi connectivity index (χ1) is 10.1. The van der Waals surface area contributed by atoms with Gasteiger partial charge in [-0.3, -0.25) is 4.79 Å². The normalized spacial score (nSPS) is 20.2.